The smallest absolute Gasteiger partial charge is 0.0925 e. The highest BCUT2D eigenvalue weighted by atomic mass is 15.1. The van der Waals surface area contributed by atoms with Crippen molar-refractivity contribution >= 4 is 6.01 Å². The molecule has 0 amide bonds. The average Bonchev–Trinajstić information content (AvgIpc) is 2.51. The lowest BCUT2D eigenvalue weighted by atomic mass is 10.00. The number of nitrogens with one attached hydrogen (secondary N) is 1. The quantitative estimate of drug-likeness (QED) is 0.394. The third-order valence-corrected chi connectivity index (χ3v) is 4.35. The summed E-state index contributed by atoms with van der Waals surface area (Å²) in [5.41, 5.74) is 0. The number of piperidine rings is 1. The Balaban J connectivity index is 0.000000763. The van der Waals surface area contributed by atoms with Gasteiger partial charge >= 0.3 is 0 Å². The Morgan fingerprint density at radius 1 is 1.14 bits per heavy atom. The summed E-state index contributed by atoms with van der Waals surface area (Å²) in [6, 6.07) is 1.28. The van der Waals surface area contributed by atoms with Crippen LogP contribution in [-0.2, 0) is 0 Å². The average molecular weight is 306 g/mol. The van der Waals surface area contributed by atoms with Gasteiger partial charge in [-0.3, -0.25) is 0 Å². The second kappa shape index (κ2) is 16.2. The zero-order valence-electron chi connectivity index (χ0n) is 14.6. The molecule has 0 bridgehead atoms. The Morgan fingerprint density at radius 3 is 2.27 bits per heavy atom. The van der Waals surface area contributed by atoms with Crippen LogP contribution in [0.3, 0.4) is 0 Å². The van der Waals surface area contributed by atoms with Crippen LogP contribution in [0.4, 0.5) is 0 Å². The first-order valence-corrected chi connectivity index (χ1v) is 9.06. The molecule has 126 valence electrons. The van der Waals surface area contributed by atoms with E-state index in [2.05, 4.69) is 18.8 Å². The number of likely N-dealkylation sites (tertiary alicyclic amines) is 1. The lowest BCUT2D eigenvalue weighted by molar-refractivity contribution is -0.908. The van der Waals surface area contributed by atoms with Gasteiger partial charge in [-0.15, -0.1) is 6.01 Å². The number of hydrogen-bond donors (Lipinski definition) is 1. The standard InChI is InChI=1S/C16H33N.C2N3/c1-3-4-5-6-7-8-9-10-13-17-14-11-12-16(2)15-17;3-1-5-2-4/h16H,3-15H2,1-2H3;/q;-1/p+1. The minimum atomic E-state index is 0.979. The summed E-state index contributed by atoms with van der Waals surface area (Å²) in [7, 11) is 0. The molecular formula is C18H34N4. The van der Waals surface area contributed by atoms with Gasteiger partial charge in [-0.25, -0.2) is 0 Å². The molecule has 1 saturated heterocycles. The first-order chi connectivity index (χ1) is 10.7. The molecule has 1 aliphatic heterocycles. The van der Waals surface area contributed by atoms with Gasteiger partial charge in [0.2, 0.25) is 0 Å². The Morgan fingerprint density at radius 2 is 1.77 bits per heavy atom. The molecule has 0 spiro atoms. The van der Waals surface area contributed by atoms with Crippen LogP contribution in [0, 0.1) is 17.4 Å². The summed E-state index contributed by atoms with van der Waals surface area (Å²) in [5, 5.41) is 14.9. The fourth-order valence-corrected chi connectivity index (χ4v) is 3.16. The number of rotatable bonds is 9. The van der Waals surface area contributed by atoms with Gasteiger partial charge in [0.05, 0.1) is 25.8 Å². The van der Waals surface area contributed by atoms with Crippen molar-refractivity contribution < 1.29 is 4.90 Å². The molecule has 2 unspecified atom stereocenters. The molecule has 0 aromatic carbocycles. The van der Waals surface area contributed by atoms with Crippen LogP contribution in [0.2, 0.25) is 0 Å². The number of nitrogens with zero attached hydrogens (tertiary/aromatic N) is 3. The maximum atomic E-state index is 7.43. The van der Waals surface area contributed by atoms with E-state index in [0.717, 1.165) is 5.92 Å². The highest BCUT2D eigenvalue weighted by molar-refractivity contribution is 5.46. The molecule has 1 aliphatic rings. The molecule has 4 nitrogen and oxygen atoms in total. The van der Waals surface area contributed by atoms with Crippen molar-refractivity contribution in [2.45, 2.75) is 78.1 Å². The molecular weight excluding hydrogens is 272 g/mol. The second-order valence-electron chi connectivity index (χ2n) is 6.49. The van der Waals surface area contributed by atoms with Crippen LogP contribution in [0.1, 0.15) is 78.1 Å². The van der Waals surface area contributed by atoms with E-state index in [4.69, 9.17) is 10.7 Å². The van der Waals surface area contributed by atoms with E-state index in [9.17, 15) is 0 Å². The van der Waals surface area contributed by atoms with E-state index < -0.39 is 0 Å². The molecule has 1 rings (SSSR count). The molecule has 0 aliphatic carbocycles. The van der Waals surface area contributed by atoms with Crippen molar-refractivity contribution in [2.24, 2.45) is 10.9 Å². The van der Waals surface area contributed by atoms with E-state index >= 15 is 0 Å². The maximum absolute atomic E-state index is 7.43. The van der Waals surface area contributed by atoms with Crippen molar-refractivity contribution in [3.63, 3.8) is 0 Å². The number of quaternary nitrogens is 1. The number of hydrogen-bond acceptors (Lipinski definition) is 2. The first-order valence-electron chi connectivity index (χ1n) is 9.06. The molecule has 4 heteroatoms. The monoisotopic (exact) mass is 306 g/mol. The van der Waals surface area contributed by atoms with E-state index in [1.54, 1.807) is 0 Å². The third kappa shape index (κ3) is 13.8. The van der Waals surface area contributed by atoms with E-state index in [1.165, 1.54) is 96.0 Å². The minimum Gasteiger partial charge on any atom is -0.422 e. The first kappa shape index (κ1) is 20.8. The highest BCUT2D eigenvalue weighted by Gasteiger charge is 2.18. The summed E-state index contributed by atoms with van der Waals surface area (Å²) < 4.78 is 0. The van der Waals surface area contributed by atoms with Gasteiger partial charge in [-0.2, -0.15) is 5.26 Å². The number of unbranched alkanes of at least 4 members (excludes halogenated alkanes) is 7. The van der Waals surface area contributed by atoms with Crippen LogP contribution < -0.4 is 4.90 Å². The van der Waals surface area contributed by atoms with Crippen molar-refractivity contribution in [3.05, 3.63) is 5.41 Å². The highest BCUT2D eigenvalue weighted by Crippen LogP contribution is 2.08. The van der Waals surface area contributed by atoms with Gasteiger partial charge in [0, 0.05) is 5.92 Å². The predicted molar refractivity (Wildman–Crippen MR) is 93.0 cm³/mol. The summed E-state index contributed by atoms with van der Waals surface area (Å²) in [6.45, 7) is 9.05. The molecule has 1 N–H and O–H groups in total. The van der Waals surface area contributed by atoms with Crippen molar-refractivity contribution in [2.75, 3.05) is 19.6 Å². The predicted octanol–water partition coefficient (Wildman–Crippen LogP) is 3.65. The molecule has 1 heterocycles. The summed E-state index contributed by atoms with van der Waals surface area (Å²) in [5.74, 6) is 0.979. The topological polar surface area (TPSA) is 62.9 Å². The van der Waals surface area contributed by atoms with Gasteiger partial charge < -0.3 is 15.3 Å². The minimum absolute atomic E-state index is 0.979. The van der Waals surface area contributed by atoms with Crippen LogP contribution >= 0.6 is 0 Å². The molecule has 0 radical (unpaired) electrons. The zero-order valence-corrected chi connectivity index (χ0v) is 14.6. The van der Waals surface area contributed by atoms with E-state index in [1.807, 2.05) is 4.90 Å². The largest absolute Gasteiger partial charge is 0.422 e. The lowest BCUT2D eigenvalue weighted by Gasteiger charge is -2.27. The van der Waals surface area contributed by atoms with E-state index in [0.29, 0.717) is 0 Å². The number of nitriles is 1. The molecule has 0 aromatic heterocycles. The summed E-state index contributed by atoms with van der Waals surface area (Å²) in [6.07, 6.45) is 15.9. The Hall–Kier alpha value is -1.17. The molecule has 1 fully saturated rings. The van der Waals surface area contributed by atoms with Gasteiger partial charge in [0.15, 0.2) is 0 Å². The maximum Gasteiger partial charge on any atom is 0.0925 e. The van der Waals surface area contributed by atoms with Gasteiger partial charge in [-0.1, -0.05) is 52.4 Å². The van der Waals surface area contributed by atoms with Crippen LogP contribution in [-0.4, -0.2) is 25.6 Å². The van der Waals surface area contributed by atoms with Crippen molar-refractivity contribution in [3.8, 4) is 6.19 Å². The fourth-order valence-electron chi connectivity index (χ4n) is 3.16. The molecule has 0 aromatic rings. The Bertz CT molecular complexity index is 328. The second-order valence-corrected chi connectivity index (χ2v) is 6.49. The van der Waals surface area contributed by atoms with Gasteiger partial charge in [-0.05, 0) is 25.7 Å². The Labute approximate surface area is 137 Å². The zero-order chi connectivity index (χ0) is 16.5. The SMILES string of the molecule is CCCCCCCCCC[NH+]1CCCC(C)C1.N#CN=C=[N-]. The van der Waals surface area contributed by atoms with Crippen LogP contribution in [0.25, 0.3) is 5.41 Å². The summed E-state index contributed by atoms with van der Waals surface area (Å²) >= 11 is 0. The molecule has 2 atom stereocenters. The van der Waals surface area contributed by atoms with Gasteiger partial charge in [0.25, 0.3) is 0 Å². The van der Waals surface area contributed by atoms with Gasteiger partial charge in [0.1, 0.15) is 0 Å². The molecule has 0 saturated carbocycles. The normalized spacial score (nSPS) is 20.2. The van der Waals surface area contributed by atoms with Crippen LogP contribution in [0.15, 0.2) is 4.99 Å². The summed E-state index contributed by atoms with van der Waals surface area (Å²) in [4.78, 5) is 4.47. The number of aliphatic imine (C=N–C) groups is 1. The molecule has 22 heavy (non-hydrogen) atoms. The van der Waals surface area contributed by atoms with Crippen molar-refractivity contribution in [1.82, 2.24) is 0 Å². The van der Waals surface area contributed by atoms with Crippen LogP contribution in [0.5, 0.6) is 0 Å². The Kier molecular flexibility index (Phi) is 15.3. The fraction of sp³-hybridized carbons (Fsp3) is 0.889. The van der Waals surface area contributed by atoms with E-state index in [-0.39, 0.29) is 0 Å². The third-order valence-electron chi connectivity index (χ3n) is 4.35. The van der Waals surface area contributed by atoms with Crippen molar-refractivity contribution in [1.29, 1.82) is 5.26 Å². The lowest BCUT2D eigenvalue weighted by Crippen LogP contribution is -3.13.